The van der Waals surface area contributed by atoms with Crippen LogP contribution in [0.15, 0.2) is 60.8 Å². The zero-order chi connectivity index (χ0) is 52.0. The molecule has 0 bridgehead atoms. The first kappa shape index (κ1) is 62.8. The first-order valence-electron chi connectivity index (χ1n) is 26.0. The highest BCUT2D eigenvalue weighted by Crippen LogP contribution is 2.33. The molecule has 19 heteroatoms. The molecule has 17 atom stereocenters. The van der Waals surface area contributed by atoms with E-state index in [1.54, 1.807) is 6.08 Å². The van der Waals surface area contributed by atoms with Crippen LogP contribution < -0.4 is 5.32 Å². The number of unbranched alkanes of at least 4 members (excludes halogenated alkanes) is 10. The molecule has 1 amide bonds. The highest BCUT2D eigenvalue weighted by molar-refractivity contribution is 5.77. The van der Waals surface area contributed by atoms with Crippen molar-refractivity contribution in [2.75, 3.05) is 26.4 Å². The van der Waals surface area contributed by atoms with E-state index in [1.807, 2.05) is 12.2 Å². The smallest absolute Gasteiger partial charge is 0.224 e. The van der Waals surface area contributed by atoms with E-state index in [0.717, 1.165) is 51.4 Å². The Bertz CT molecular complexity index is 1540. The van der Waals surface area contributed by atoms with E-state index in [9.17, 15) is 61.0 Å². The van der Waals surface area contributed by atoms with Crippen molar-refractivity contribution in [3.63, 3.8) is 0 Å². The van der Waals surface area contributed by atoms with Gasteiger partial charge in [-0.05, 0) is 38.5 Å². The summed E-state index contributed by atoms with van der Waals surface area (Å²) >= 11 is 0. The van der Waals surface area contributed by atoms with Crippen LogP contribution in [0.25, 0.3) is 0 Å². The Morgan fingerprint density at radius 3 is 1.39 bits per heavy atom. The fourth-order valence-corrected chi connectivity index (χ4v) is 8.55. The first-order chi connectivity index (χ1) is 34.3. The van der Waals surface area contributed by atoms with Crippen LogP contribution in [0.3, 0.4) is 0 Å². The van der Waals surface area contributed by atoms with Gasteiger partial charge in [-0.2, -0.15) is 0 Å². The molecule has 0 radical (unpaired) electrons. The van der Waals surface area contributed by atoms with Crippen LogP contribution >= 0.6 is 0 Å². The van der Waals surface area contributed by atoms with Crippen molar-refractivity contribution in [3.8, 4) is 0 Å². The van der Waals surface area contributed by atoms with Gasteiger partial charge in [-0.3, -0.25) is 4.79 Å². The Labute approximate surface area is 420 Å². The van der Waals surface area contributed by atoms with Crippen molar-refractivity contribution in [3.05, 3.63) is 60.8 Å². The first-order valence-corrected chi connectivity index (χ1v) is 26.0. The topological polar surface area (TPSA) is 307 Å². The molecule has 3 heterocycles. The van der Waals surface area contributed by atoms with Gasteiger partial charge in [0.25, 0.3) is 0 Å². The third-order valence-electron chi connectivity index (χ3n) is 12.9. The number of aliphatic hydroxyl groups is 11. The molecule has 3 aliphatic heterocycles. The van der Waals surface area contributed by atoms with Gasteiger partial charge in [0, 0.05) is 6.42 Å². The number of aliphatic hydroxyl groups excluding tert-OH is 11. The van der Waals surface area contributed by atoms with Gasteiger partial charge in [0.1, 0.15) is 73.2 Å². The van der Waals surface area contributed by atoms with Crippen molar-refractivity contribution in [1.82, 2.24) is 5.32 Å². The van der Waals surface area contributed by atoms with Crippen LogP contribution in [-0.4, -0.2) is 193 Å². The van der Waals surface area contributed by atoms with E-state index in [0.29, 0.717) is 19.3 Å². The summed E-state index contributed by atoms with van der Waals surface area (Å²) in [4.78, 5) is 13.2. The number of hydrogen-bond donors (Lipinski definition) is 12. The van der Waals surface area contributed by atoms with Gasteiger partial charge in [0.15, 0.2) is 18.9 Å². The van der Waals surface area contributed by atoms with Crippen LogP contribution in [-0.2, 0) is 33.2 Å². The lowest BCUT2D eigenvalue weighted by atomic mass is 9.96. The number of nitrogens with one attached hydrogen (secondary N) is 1. The Hall–Kier alpha value is -2.51. The molecule has 19 nitrogen and oxygen atoms in total. The van der Waals surface area contributed by atoms with Crippen LogP contribution in [0.4, 0.5) is 0 Å². The van der Waals surface area contributed by atoms with Crippen LogP contribution in [0.2, 0.25) is 0 Å². The predicted molar refractivity (Wildman–Crippen MR) is 263 cm³/mol. The molecule has 0 aliphatic carbocycles. The SMILES string of the molecule is CC/C=C\C/C=C\C/C=C\C/C=C\C/C=C\CC(=O)NC(COC1OC(CO)C(OC2OC(CO)C(OC3OC(CO)C(O)C(O)C3O)C(O)C2O)C(O)C1O)C(O)CCCCCCCCCCCCC. The summed E-state index contributed by atoms with van der Waals surface area (Å²) in [5.74, 6) is -0.375. The number of allylic oxidation sites excluding steroid dienone is 9. The Morgan fingerprint density at radius 2 is 0.915 bits per heavy atom. The molecule has 410 valence electrons. The minimum absolute atomic E-state index is 0.0314. The fraction of sp³-hybridized carbons (Fsp3) is 0.788. The number of rotatable bonds is 35. The third kappa shape index (κ3) is 22.1. The molecule has 3 fully saturated rings. The molecule has 0 aromatic rings. The summed E-state index contributed by atoms with van der Waals surface area (Å²) in [5.41, 5.74) is 0. The number of carbonyl (C=O) groups is 1. The summed E-state index contributed by atoms with van der Waals surface area (Å²) in [6.45, 7) is 1.54. The van der Waals surface area contributed by atoms with Crippen LogP contribution in [0, 0.1) is 0 Å². The zero-order valence-electron chi connectivity index (χ0n) is 41.9. The van der Waals surface area contributed by atoms with Crippen molar-refractivity contribution in [2.24, 2.45) is 0 Å². The molecular formula is C52H89NO18. The molecule has 3 aliphatic rings. The largest absolute Gasteiger partial charge is 0.394 e. The lowest BCUT2D eigenvalue weighted by Gasteiger charge is -2.48. The third-order valence-corrected chi connectivity index (χ3v) is 12.9. The Morgan fingerprint density at radius 1 is 0.507 bits per heavy atom. The summed E-state index contributed by atoms with van der Waals surface area (Å²) in [6, 6.07) is -0.941. The average molecular weight is 1020 g/mol. The molecular weight excluding hydrogens is 927 g/mol. The van der Waals surface area contributed by atoms with E-state index in [-0.39, 0.29) is 18.9 Å². The zero-order valence-corrected chi connectivity index (χ0v) is 41.9. The number of amides is 1. The quantitative estimate of drug-likeness (QED) is 0.0320. The monoisotopic (exact) mass is 1020 g/mol. The van der Waals surface area contributed by atoms with Gasteiger partial charge in [0.2, 0.25) is 5.91 Å². The van der Waals surface area contributed by atoms with Gasteiger partial charge in [-0.25, -0.2) is 0 Å². The maximum atomic E-state index is 13.2. The Kier molecular flexibility index (Phi) is 32.2. The van der Waals surface area contributed by atoms with Gasteiger partial charge >= 0.3 is 0 Å². The molecule has 12 N–H and O–H groups in total. The maximum absolute atomic E-state index is 13.2. The average Bonchev–Trinajstić information content (AvgIpc) is 3.36. The number of ether oxygens (including phenoxy) is 6. The summed E-state index contributed by atoms with van der Waals surface area (Å²) < 4.78 is 34.1. The van der Waals surface area contributed by atoms with E-state index < -0.39 is 124 Å². The molecule has 3 rings (SSSR count). The van der Waals surface area contributed by atoms with E-state index in [2.05, 4.69) is 61.7 Å². The second kappa shape index (κ2) is 36.4. The number of hydrogen-bond acceptors (Lipinski definition) is 18. The van der Waals surface area contributed by atoms with Gasteiger partial charge in [-0.15, -0.1) is 0 Å². The summed E-state index contributed by atoms with van der Waals surface area (Å²) in [6.07, 6.45) is 10.8. The minimum atomic E-state index is -1.98. The molecule has 71 heavy (non-hydrogen) atoms. The standard InChI is InChI=1S/C52H89NO18/c1-3-5-7-9-11-13-15-16-17-18-20-22-24-26-28-30-40(58)53-35(36(57)29-27-25-23-21-19-14-12-10-8-6-4-2)34-66-50-46(64)43(61)48(38(32-55)68-50)71-52-47(65)44(62)49(39(33-56)69-52)70-51-45(63)42(60)41(59)37(31-54)67-51/h5,7,11,13,16-17,20,22,26,28,35-39,41-52,54-57,59-65H,3-4,6,8-10,12,14-15,18-19,21,23-25,27,29-34H2,1-2H3,(H,53,58)/b7-5-,13-11-,17-16-,22-20-,28-26-. The molecule has 0 aromatic carbocycles. The lowest BCUT2D eigenvalue weighted by molar-refractivity contribution is -0.379. The van der Waals surface area contributed by atoms with Gasteiger partial charge < -0.3 is 89.9 Å². The normalized spacial score (nSPS) is 32.8. The summed E-state index contributed by atoms with van der Waals surface area (Å²) in [5, 5.41) is 120. The van der Waals surface area contributed by atoms with Crippen LogP contribution in [0.1, 0.15) is 129 Å². The van der Waals surface area contributed by atoms with Crippen molar-refractivity contribution in [1.29, 1.82) is 0 Å². The molecule has 0 spiro atoms. The van der Waals surface area contributed by atoms with Crippen molar-refractivity contribution in [2.45, 2.75) is 234 Å². The molecule has 0 saturated carbocycles. The highest BCUT2D eigenvalue weighted by atomic mass is 16.8. The van der Waals surface area contributed by atoms with E-state index in [4.69, 9.17) is 28.4 Å². The number of carbonyl (C=O) groups excluding carboxylic acids is 1. The maximum Gasteiger partial charge on any atom is 0.224 e. The molecule has 3 saturated heterocycles. The van der Waals surface area contributed by atoms with E-state index >= 15 is 0 Å². The minimum Gasteiger partial charge on any atom is -0.394 e. The Balaban J connectivity index is 1.58. The van der Waals surface area contributed by atoms with E-state index in [1.165, 1.54) is 38.5 Å². The van der Waals surface area contributed by atoms with Crippen molar-refractivity contribution >= 4 is 5.91 Å². The highest BCUT2D eigenvalue weighted by Gasteiger charge is 2.53. The molecule has 17 unspecified atom stereocenters. The predicted octanol–water partition coefficient (Wildman–Crippen LogP) is 2.14. The summed E-state index contributed by atoms with van der Waals surface area (Å²) in [7, 11) is 0. The lowest BCUT2D eigenvalue weighted by Crippen LogP contribution is -2.66. The van der Waals surface area contributed by atoms with Crippen molar-refractivity contribution < 1.29 is 89.4 Å². The second-order valence-electron chi connectivity index (χ2n) is 18.6. The fourth-order valence-electron chi connectivity index (χ4n) is 8.55. The second-order valence-corrected chi connectivity index (χ2v) is 18.6. The van der Waals surface area contributed by atoms with Crippen LogP contribution in [0.5, 0.6) is 0 Å². The molecule has 0 aromatic heterocycles. The van der Waals surface area contributed by atoms with Gasteiger partial charge in [0.05, 0.1) is 38.6 Å². The van der Waals surface area contributed by atoms with Gasteiger partial charge in [-0.1, -0.05) is 145 Å².